The van der Waals surface area contributed by atoms with E-state index in [1.54, 1.807) is 30.3 Å². The van der Waals surface area contributed by atoms with Crippen LogP contribution in [0.5, 0.6) is 0 Å². The molecule has 1 unspecified atom stereocenters. The van der Waals surface area contributed by atoms with E-state index in [0.717, 1.165) is 17.2 Å². The van der Waals surface area contributed by atoms with Gasteiger partial charge in [-0.2, -0.15) is 13.2 Å². The molecular formula is C21H14Cl2F3S. The molecule has 6 heteroatoms. The molecule has 0 bridgehead atoms. The predicted molar refractivity (Wildman–Crippen MR) is 106 cm³/mol. The molecule has 0 N–H and O–H groups in total. The first-order chi connectivity index (χ1) is 12.8. The van der Waals surface area contributed by atoms with Gasteiger partial charge in [0.15, 0.2) is 0 Å². The first kappa shape index (κ1) is 20.1. The maximum atomic E-state index is 13.1. The van der Waals surface area contributed by atoms with Crippen LogP contribution in [-0.4, -0.2) is 0 Å². The van der Waals surface area contributed by atoms with E-state index in [1.807, 2.05) is 18.2 Å². The Labute approximate surface area is 170 Å². The van der Waals surface area contributed by atoms with Crippen molar-refractivity contribution in [2.45, 2.75) is 17.2 Å². The Bertz CT molecular complexity index is 911. The fourth-order valence-corrected chi connectivity index (χ4v) is 4.48. The minimum absolute atomic E-state index is 0.281. The lowest BCUT2D eigenvalue weighted by molar-refractivity contribution is -0.137. The normalized spacial score (nSPS) is 12.8. The summed E-state index contributed by atoms with van der Waals surface area (Å²) in [5, 5.41) is 0.801. The van der Waals surface area contributed by atoms with E-state index in [-0.39, 0.29) is 5.25 Å². The molecule has 1 radical (unpaired) electrons. The van der Waals surface area contributed by atoms with Crippen LogP contribution in [0, 0.1) is 6.07 Å². The maximum absolute atomic E-state index is 13.1. The standard InChI is InChI=1S/C21H14Cl2F3S/c22-18-10-9-16(19(23)12-18)13-27-20(14-5-2-1-3-6-14)15-7-4-8-17(11-15)21(24,25)26/h1-2,4-12,20H,13H2. The second-order valence-electron chi connectivity index (χ2n) is 5.89. The second kappa shape index (κ2) is 8.59. The summed E-state index contributed by atoms with van der Waals surface area (Å²) in [6, 6.07) is 20.9. The van der Waals surface area contributed by atoms with Crippen LogP contribution in [-0.2, 0) is 11.9 Å². The van der Waals surface area contributed by atoms with Gasteiger partial charge in [-0.3, -0.25) is 0 Å². The smallest absolute Gasteiger partial charge is 0.166 e. The molecular weight excluding hydrogens is 412 g/mol. The van der Waals surface area contributed by atoms with Crippen molar-refractivity contribution in [2.24, 2.45) is 0 Å². The van der Waals surface area contributed by atoms with Crippen LogP contribution in [0.4, 0.5) is 13.2 Å². The van der Waals surface area contributed by atoms with Gasteiger partial charge in [0, 0.05) is 15.8 Å². The lowest BCUT2D eigenvalue weighted by Gasteiger charge is -2.19. The number of hydrogen-bond donors (Lipinski definition) is 0. The van der Waals surface area contributed by atoms with Crippen LogP contribution in [0.15, 0.2) is 66.7 Å². The molecule has 3 aromatic rings. The van der Waals surface area contributed by atoms with Gasteiger partial charge in [-0.15, -0.1) is 11.8 Å². The third-order valence-electron chi connectivity index (χ3n) is 3.97. The van der Waals surface area contributed by atoms with Crippen LogP contribution < -0.4 is 0 Å². The molecule has 139 valence electrons. The summed E-state index contributed by atoms with van der Waals surface area (Å²) in [6.45, 7) is 0. The zero-order valence-corrected chi connectivity index (χ0v) is 16.3. The van der Waals surface area contributed by atoms with Gasteiger partial charge in [0.2, 0.25) is 0 Å². The predicted octanol–water partition coefficient (Wildman–Crippen LogP) is 7.84. The molecule has 0 heterocycles. The lowest BCUT2D eigenvalue weighted by atomic mass is 10.0. The summed E-state index contributed by atoms with van der Waals surface area (Å²) in [7, 11) is 0. The number of thioether (sulfide) groups is 1. The van der Waals surface area contributed by atoms with E-state index < -0.39 is 11.7 Å². The molecule has 0 saturated heterocycles. The number of hydrogen-bond acceptors (Lipinski definition) is 1. The topological polar surface area (TPSA) is 0 Å². The molecule has 0 spiro atoms. The van der Waals surface area contributed by atoms with Crippen LogP contribution in [0.1, 0.15) is 27.5 Å². The van der Waals surface area contributed by atoms with Crippen molar-refractivity contribution in [2.75, 3.05) is 0 Å². The molecule has 3 aromatic carbocycles. The van der Waals surface area contributed by atoms with Crippen molar-refractivity contribution in [1.82, 2.24) is 0 Å². The van der Waals surface area contributed by atoms with Crippen molar-refractivity contribution in [1.29, 1.82) is 0 Å². The number of rotatable bonds is 5. The monoisotopic (exact) mass is 425 g/mol. The van der Waals surface area contributed by atoms with Gasteiger partial charge in [0.25, 0.3) is 0 Å². The van der Waals surface area contributed by atoms with E-state index >= 15 is 0 Å². The van der Waals surface area contributed by atoms with E-state index in [9.17, 15) is 13.2 Å². The summed E-state index contributed by atoms with van der Waals surface area (Å²) in [6.07, 6.45) is -4.38. The average Bonchev–Trinajstić information content (AvgIpc) is 2.64. The summed E-state index contributed by atoms with van der Waals surface area (Å²) >= 11 is 13.7. The number of benzene rings is 3. The SMILES string of the molecule is FC(F)(F)c1cccc(C(SCc2ccc(Cl)cc2Cl)c2c[c]ccc2)c1. The van der Waals surface area contributed by atoms with Gasteiger partial charge in [0.1, 0.15) is 0 Å². The van der Waals surface area contributed by atoms with Gasteiger partial charge >= 0.3 is 6.18 Å². The third kappa shape index (κ3) is 5.22. The van der Waals surface area contributed by atoms with Gasteiger partial charge < -0.3 is 0 Å². The van der Waals surface area contributed by atoms with Crippen molar-refractivity contribution < 1.29 is 13.2 Å². The molecule has 0 amide bonds. The zero-order chi connectivity index (χ0) is 19.4. The minimum atomic E-state index is -4.38. The highest BCUT2D eigenvalue weighted by Gasteiger charge is 2.31. The highest BCUT2D eigenvalue weighted by atomic mass is 35.5. The molecule has 0 nitrogen and oxygen atoms in total. The lowest BCUT2D eigenvalue weighted by Crippen LogP contribution is -2.06. The van der Waals surface area contributed by atoms with Gasteiger partial charge in [0.05, 0.1) is 10.8 Å². The Morgan fingerprint density at radius 2 is 1.74 bits per heavy atom. The number of halogens is 5. The fourth-order valence-electron chi connectivity index (χ4n) is 2.65. The Balaban J connectivity index is 1.93. The molecule has 0 aliphatic heterocycles. The summed E-state index contributed by atoms with van der Waals surface area (Å²) in [5.74, 6) is 0.534. The van der Waals surface area contributed by atoms with Crippen LogP contribution in [0.3, 0.4) is 0 Å². The van der Waals surface area contributed by atoms with Crippen LogP contribution >= 0.6 is 35.0 Å². The molecule has 1 atom stereocenters. The Morgan fingerprint density at radius 3 is 2.41 bits per heavy atom. The molecule has 27 heavy (non-hydrogen) atoms. The highest BCUT2D eigenvalue weighted by Crippen LogP contribution is 2.40. The minimum Gasteiger partial charge on any atom is -0.166 e. The highest BCUT2D eigenvalue weighted by molar-refractivity contribution is 7.99. The Morgan fingerprint density at radius 1 is 0.963 bits per heavy atom. The Kier molecular flexibility index (Phi) is 6.40. The van der Waals surface area contributed by atoms with Crippen molar-refractivity contribution >= 4 is 35.0 Å². The second-order valence-corrected chi connectivity index (χ2v) is 7.82. The molecule has 0 aliphatic carbocycles. The summed E-state index contributed by atoms with van der Waals surface area (Å²) in [4.78, 5) is 0. The van der Waals surface area contributed by atoms with Crippen LogP contribution in [0.2, 0.25) is 10.0 Å². The molecule has 0 fully saturated rings. The van der Waals surface area contributed by atoms with E-state index in [4.69, 9.17) is 23.2 Å². The van der Waals surface area contributed by atoms with Gasteiger partial charge in [-0.05, 0) is 47.0 Å². The molecule has 0 aromatic heterocycles. The third-order valence-corrected chi connectivity index (χ3v) is 5.91. The molecule has 0 aliphatic rings. The summed E-state index contributed by atoms with van der Waals surface area (Å²) in [5.41, 5.74) is 1.68. The maximum Gasteiger partial charge on any atom is 0.416 e. The van der Waals surface area contributed by atoms with E-state index in [1.165, 1.54) is 23.9 Å². The summed E-state index contributed by atoms with van der Waals surface area (Å²) < 4.78 is 39.4. The van der Waals surface area contributed by atoms with Crippen molar-refractivity contribution in [3.05, 3.63) is 105 Å². The fraction of sp³-hybridized carbons (Fsp3) is 0.143. The molecule has 3 rings (SSSR count). The molecule has 0 saturated carbocycles. The van der Waals surface area contributed by atoms with Gasteiger partial charge in [-0.25, -0.2) is 0 Å². The largest absolute Gasteiger partial charge is 0.416 e. The quantitative estimate of drug-likeness (QED) is 0.401. The zero-order valence-electron chi connectivity index (χ0n) is 13.9. The first-order valence-electron chi connectivity index (χ1n) is 8.03. The van der Waals surface area contributed by atoms with Crippen molar-refractivity contribution in [3.8, 4) is 0 Å². The van der Waals surface area contributed by atoms with E-state index in [0.29, 0.717) is 21.4 Å². The number of alkyl halides is 3. The van der Waals surface area contributed by atoms with Crippen molar-refractivity contribution in [3.63, 3.8) is 0 Å². The van der Waals surface area contributed by atoms with Gasteiger partial charge in [-0.1, -0.05) is 65.7 Å². The average molecular weight is 426 g/mol. The van der Waals surface area contributed by atoms with E-state index in [2.05, 4.69) is 6.07 Å². The first-order valence-corrected chi connectivity index (χ1v) is 9.84. The van der Waals surface area contributed by atoms with Crippen LogP contribution in [0.25, 0.3) is 0 Å². The Hall–Kier alpha value is -1.62.